The van der Waals surface area contributed by atoms with Crippen molar-refractivity contribution >= 4 is 45.9 Å². The van der Waals surface area contributed by atoms with Crippen LogP contribution in [-0.4, -0.2) is 48.8 Å². The molecule has 22 heavy (non-hydrogen) atoms. The molecule has 1 heterocycles. The van der Waals surface area contributed by atoms with Crippen LogP contribution in [0.2, 0.25) is 0 Å². The van der Waals surface area contributed by atoms with Crippen molar-refractivity contribution < 1.29 is 9.84 Å². The average Bonchev–Trinajstić information content (AvgIpc) is 2.90. The minimum absolute atomic E-state index is 0. The minimum Gasteiger partial charge on any atom is -0.496 e. The topological polar surface area (TPSA) is 57.1 Å². The second-order valence-electron chi connectivity index (χ2n) is 5.03. The van der Waals surface area contributed by atoms with Crippen molar-refractivity contribution in [1.29, 1.82) is 0 Å². The van der Waals surface area contributed by atoms with Gasteiger partial charge in [-0.1, -0.05) is 6.07 Å². The first-order chi connectivity index (χ1) is 10.1. The van der Waals surface area contributed by atoms with Crippen molar-refractivity contribution in [3.63, 3.8) is 0 Å². The number of nitrogens with one attached hydrogen (secondary N) is 1. The third-order valence-corrected chi connectivity index (χ3v) is 4.05. The summed E-state index contributed by atoms with van der Waals surface area (Å²) in [5, 5.41) is 12.9. The van der Waals surface area contributed by atoms with Gasteiger partial charge in [-0.05, 0) is 47.0 Å². The Labute approximate surface area is 157 Å². The van der Waals surface area contributed by atoms with Crippen LogP contribution in [0.5, 0.6) is 5.75 Å². The summed E-state index contributed by atoms with van der Waals surface area (Å²) in [4.78, 5) is 6.76. The molecule has 0 spiro atoms. The first-order valence-electron chi connectivity index (χ1n) is 7.17. The van der Waals surface area contributed by atoms with Gasteiger partial charge in [-0.2, -0.15) is 0 Å². The summed E-state index contributed by atoms with van der Waals surface area (Å²) < 4.78 is 6.16. The first kappa shape index (κ1) is 19.5. The molecule has 1 saturated heterocycles. The van der Waals surface area contributed by atoms with Gasteiger partial charge in [0.2, 0.25) is 0 Å². The summed E-state index contributed by atoms with van der Waals surface area (Å²) in [7, 11) is 1.65. The van der Waals surface area contributed by atoms with E-state index in [2.05, 4.69) is 31.1 Å². The van der Waals surface area contributed by atoms with Gasteiger partial charge < -0.3 is 20.1 Å². The molecule has 7 heteroatoms. The molecule has 2 N–H and O–H groups in total. The van der Waals surface area contributed by atoms with Crippen LogP contribution >= 0.6 is 39.9 Å². The van der Waals surface area contributed by atoms with Crippen LogP contribution < -0.4 is 10.1 Å². The zero-order chi connectivity index (χ0) is 15.2. The fraction of sp³-hybridized carbons (Fsp3) is 0.533. The van der Waals surface area contributed by atoms with Crippen LogP contribution in [0, 0.1) is 0 Å². The number of hydrogen-bond acceptors (Lipinski definition) is 3. The van der Waals surface area contributed by atoms with Gasteiger partial charge in [0.1, 0.15) is 5.75 Å². The molecule has 2 rings (SSSR count). The van der Waals surface area contributed by atoms with Crippen molar-refractivity contribution in [1.82, 2.24) is 10.2 Å². The third kappa shape index (κ3) is 5.27. The summed E-state index contributed by atoms with van der Waals surface area (Å²) in [6, 6.07) is 5.96. The highest BCUT2D eigenvalue weighted by Gasteiger charge is 2.22. The van der Waals surface area contributed by atoms with Crippen molar-refractivity contribution in [2.24, 2.45) is 4.99 Å². The van der Waals surface area contributed by atoms with E-state index in [1.807, 2.05) is 25.1 Å². The Balaban J connectivity index is 0.00000242. The number of β-amino-alcohol motifs (C(OH)–C–C–N with tert-alkyl or cyclic N) is 1. The van der Waals surface area contributed by atoms with E-state index in [4.69, 9.17) is 4.74 Å². The highest BCUT2D eigenvalue weighted by Crippen LogP contribution is 2.25. The van der Waals surface area contributed by atoms with E-state index >= 15 is 0 Å². The number of halogens is 2. The molecule has 1 aliphatic heterocycles. The Morgan fingerprint density at radius 2 is 2.32 bits per heavy atom. The molecule has 0 amide bonds. The summed E-state index contributed by atoms with van der Waals surface area (Å²) in [6.07, 6.45) is 0.558. The molecule has 1 atom stereocenters. The van der Waals surface area contributed by atoms with Gasteiger partial charge >= 0.3 is 0 Å². The van der Waals surface area contributed by atoms with E-state index < -0.39 is 0 Å². The predicted octanol–water partition coefficient (Wildman–Crippen LogP) is 2.61. The van der Waals surface area contributed by atoms with Crippen LogP contribution in [0.4, 0.5) is 0 Å². The Morgan fingerprint density at radius 1 is 1.55 bits per heavy atom. The molecule has 0 aliphatic carbocycles. The SMILES string of the molecule is CCNC(=NCc1ccc(OC)c(Br)c1)N1CC[C@@H](O)C1.I. The molecule has 1 fully saturated rings. The Bertz CT molecular complexity index is 514. The van der Waals surface area contributed by atoms with Gasteiger partial charge in [-0.25, -0.2) is 4.99 Å². The second kappa shape index (κ2) is 9.57. The number of rotatable bonds is 4. The van der Waals surface area contributed by atoms with Crippen LogP contribution in [0.15, 0.2) is 27.7 Å². The number of aliphatic imine (C=N–C) groups is 1. The molecule has 0 bridgehead atoms. The minimum atomic E-state index is -0.246. The van der Waals surface area contributed by atoms with Gasteiger partial charge in [0.25, 0.3) is 0 Å². The zero-order valence-corrected chi connectivity index (χ0v) is 16.8. The summed E-state index contributed by atoms with van der Waals surface area (Å²) in [5.74, 6) is 1.68. The third-order valence-electron chi connectivity index (χ3n) is 3.43. The van der Waals surface area contributed by atoms with Crippen LogP contribution in [-0.2, 0) is 6.54 Å². The molecule has 0 unspecified atom stereocenters. The number of ether oxygens (including phenoxy) is 1. The molecule has 0 saturated carbocycles. The normalized spacial score (nSPS) is 18.1. The number of nitrogens with zero attached hydrogens (tertiary/aromatic N) is 2. The fourth-order valence-corrected chi connectivity index (χ4v) is 2.92. The smallest absolute Gasteiger partial charge is 0.194 e. The maximum atomic E-state index is 9.65. The van der Waals surface area contributed by atoms with Crippen LogP contribution in [0.25, 0.3) is 0 Å². The lowest BCUT2D eigenvalue weighted by Crippen LogP contribution is -2.40. The Hall–Kier alpha value is -0.540. The fourth-order valence-electron chi connectivity index (χ4n) is 2.33. The molecule has 0 aromatic heterocycles. The van der Waals surface area contributed by atoms with Crippen LogP contribution in [0.3, 0.4) is 0 Å². The molecule has 0 radical (unpaired) electrons. The maximum absolute atomic E-state index is 9.65. The molecular weight excluding hydrogens is 461 g/mol. The van der Waals surface area contributed by atoms with Gasteiger partial charge in [0.15, 0.2) is 5.96 Å². The zero-order valence-electron chi connectivity index (χ0n) is 12.9. The predicted molar refractivity (Wildman–Crippen MR) is 103 cm³/mol. The number of aliphatic hydroxyl groups excluding tert-OH is 1. The number of guanidine groups is 1. The number of methoxy groups -OCH3 is 1. The van der Waals surface area contributed by atoms with Crippen molar-refractivity contribution in [3.05, 3.63) is 28.2 Å². The van der Waals surface area contributed by atoms with Crippen molar-refractivity contribution in [2.75, 3.05) is 26.7 Å². The largest absolute Gasteiger partial charge is 0.496 e. The molecule has 124 valence electrons. The van der Waals surface area contributed by atoms with Gasteiger partial charge in [0.05, 0.1) is 24.2 Å². The highest BCUT2D eigenvalue weighted by molar-refractivity contribution is 14.0. The molecule has 1 aliphatic rings. The Kier molecular flexibility index (Phi) is 8.48. The monoisotopic (exact) mass is 483 g/mol. The van der Waals surface area contributed by atoms with Gasteiger partial charge in [-0.3, -0.25) is 0 Å². The van der Waals surface area contributed by atoms with Crippen molar-refractivity contribution in [2.45, 2.75) is 26.0 Å². The maximum Gasteiger partial charge on any atom is 0.194 e. The van der Waals surface area contributed by atoms with Crippen LogP contribution in [0.1, 0.15) is 18.9 Å². The number of likely N-dealkylation sites (tertiary alicyclic amines) is 1. The summed E-state index contributed by atoms with van der Waals surface area (Å²) in [5.41, 5.74) is 1.11. The average molecular weight is 484 g/mol. The molecule has 1 aromatic carbocycles. The second-order valence-corrected chi connectivity index (χ2v) is 5.88. The molecule has 1 aromatic rings. The number of hydrogen-bond donors (Lipinski definition) is 2. The van der Waals surface area contributed by atoms with Gasteiger partial charge in [-0.15, -0.1) is 24.0 Å². The van der Waals surface area contributed by atoms with Gasteiger partial charge in [0, 0.05) is 19.6 Å². The lowest BCUT2D eigenvalue weighted by molar-refractivity contribution is 0.188. The summed E-state index contributed by atoms with van der Waals surface area (Å²) in [6.45, 7) is 4.96. The van der Waals surface area contributed by atoms with E-state index in [1.54, 1.807) is 7.11 Å². The van der Waals surface area contributed by atoms with Crippen molar-refractivity contribution in [3.8, 4) is 5.75 Å². The first-order valence-corrected chi connectivity index (χ1v) is 7.97. The van der Waals surface area contributed by atoms with E-state index in [-0.39, 0.29) is 30.1 Å². The Morgan fingerprint density at radius 3 is 2.86 bits per heavy atom. The van der Waals surface area contributed by atoms with E-state index in [9.17, 15) is 5.11 Å². The van der Waals surface area contributed by atoms with E-state index in [1.165, 1.54) is 0 Å². The van der Waals surface area contributed by atoms with E-state index in [0.717, 1.165) is 41.3 Å². The highest BCUT2D eigenvalue weighted by atomic mass is 127. The summed E-state index contributed by atoms with van der Waals surface area (Å²) >= 11 is 3.49. The number of benzene rings is 1. The molecular formula is C15H23BrIN3O2. The lowest BCUT2D eigenvalue weighted by atomic mass is 10.2. The van der Waals surface area contributed by atoms with E-state index in [0.29, 0.717) is 13.1 Å². The lowest BCUT2D eigenvalue weighted by Gasteiger charge is -2.21. The quantitative estimate of drug-likeness (QED) is 0.392. The standard InChI is InChI=1S/C15H22BrN3O2.HI/c1-3-17-15(19-7-6-12(20)10-19)18-9-11-4-5-14(21-2)13(16)8-11;/h4-5,8,12,20H,3,6-7,9-10H2,1-2H3,(H,17,18);1H/t12-;/m1./s1. The number of aliphatic hydroxyl groups is 1. The molecule has 5 nitrogen and oxygen atoms in total.